The van der Waals surface area contributed by atoms with E-state index in [9.17, 15) is 0 Å². The van der Waals surface area contributed by atoms with E-state index in [1.54, 1.807) is 0 Å². The average Bonchev–Trinajstić information content (AvgIpc) is 3.02. The van der Waals surface area contributed by atoms with Crippen molar-refractivity contribution in [3.63, 3.8) is 0 Å². The minimum Gasteiger partial charge on any atom is -0.332 e. The number of nitrogens with zero attached hydrogens (tertiary/aromatic N) is 5. The van der Waals surface area contributed by atoms with Gasteiger partial charge in [-0.05, 0) is 33.3 Å². The molecule has 2 aromatic rings. The van der Waals surface area contributed by atoms with Gasteiger partial charge in [-0.3, -0.25) is 9.58 Å². The Hall–Kier alpha value is -1.69. The highest BCUT2D eigenvalue weighted by molar-refractivity contribution is 5.47. The highest BCUT2D eigenvalue weighted by Gasteiger charge is 2.20. The predicted octanol–water partition coefficient (Wildman–Crippen LogP) is 2.88. The van der Waals surface area contributed by atoms with Crippen LogP contribution in [0.5, 0.6) is 0 Å². The van der Waals surface area contributed by atoms with Gasteiger partial charge < -0.3 is 4.52 Å². The molecule has 0 bridgehead atoms. The largest absolute Gasteiger partial charge is 0.332 e. The van der Waals surface area contributed by atoms with Crippen LogP contribution in [0.25, 0.3) is 11.6 Å². The van der Waals surface area contributed by atoms with Crippen molar-refractivity contribution < 1.29 is 4.52 Å². The average molecular weight is 291 g/mol. The van der Waals surface area contributed by atoms with E-state index < -0.39 is 0 Å². The van der Waals surface area contributed by atoms with Gasteiger partial charge in [-0.1, -0.05) is 19.0 Å². The molecule has 0 amide bonds. The summed E-state index contributed by atoms with van der Waals surface area (Å²) in [6.07, 6.45) is 1.12. The first-order valence-corrected chi connectivity index (χ1v) is 7.75. The molecular weight excluding hydrogens is 266 g/mol. The third kappa shape index (κ3) is 3.50. The number of fused-ring (bicyclic) bond motifs is 1. The molecule has 2 aromatic heterocycles. The van der Waals surface area contributed by atoms with Gasteiger partial charge in [-0.25, -0.2) is 0 Å². The molecule has 6 nitrogen and oxygen atoms in total. The normalized spacial score (nSPS) is 15.3. The van der Waals surface area contributed by atoms with E-state index in [0.717, 1.165) is 31.7 Å². The Morgan fingerprint density at radius 2 is 2.00 bits per heavy atom. The van der Waals surface area contributed by atoms with Gasteiger partial charge in [-0.15, -0.1) is 0 Å². The number of hydrogen-bond acceptors (Lipinski definition) is 5. The van der Waals surface area contributed by atoms with E-state index in [0.29, 0.717) is 17.8 Å². The molecule has 0 N–H and O–H groups in total. The lowest BCUT2D eigenvalue weighted by molar-refractivity contribution is 0.216. The fourth-order valence-corrected chi connectivity index (χ4v) is 2.43. The van der Waals surface area contributed by atoms with E-state index >= 15 is 0 Å². The van der Waals surface area contributed by atoms with Crippen LogP contribution in [0, 0.1) is 6.92 Å². The molecule has 0 saturated heterocycles. The summed E-state index contributed by atoms with van der Waals surface area (Å²) in [6.45, 7) is 13.3. The lowest BCUT2D eigenvalue weighted by atomic mass is 10.2. The molecule has 3 rings (SSSR count). The first kappa shape index (κ1) is 15.7. The van der Waals surface area contributed by atoms with Crippen LogP contribution in [0.3, 0.4) is 0 Å². The van der Waals surface area contributed by atoms with Crippen LogP contribution in [-0.4, -0.2) is 37.4 Å². The third-order valence-electron chi connectivity index (χ3n) is 3.52. The Kier molecular flexibility index (Phi) is 5.12. The molecule has 0 spiro atoms. The summed E-state index contributed by atoms with van der Waals surface area (Å²) in [7, 11) is 0. The molecule has 0 atom stereocenters. The lowest BCUT2D eigenvalue weighted by Gasteiger charge is -2.23. The maximum atomic E-state index is 5.18. The molecule has 3 heterocycles. The van der Waals surface area contributed by atoms with Gasteiger partial charge >= 0.3 is 0 Å². The molecule has 1 aliphatic heterocycles. The summed E-state index contributed by atoms with van der Waals surface area (Å²) >= 11 is 0. The van der Waals surface area contributed by atoms with Crippen molar-refractivity contribution in [3.8, 4) is 11.6 Å². The first-order chi connectivity index (χ1) is 10.1. The van der Waals surface area contributed by atoms with E-state index in [-0.39, 0.29) is 0 Å². The Bertz CT molecular complexity index is 572. The molecule has 0 fully saturated rings. The fourth-order valence-electron chi connectivity index (χ4n) is 2.43. The van der Waals surface area contributed by atoms with Crippen LogP contribution in [0.1, 0.15) is 45.6 Å². The van der Waals surface area contributed by atoms with E-state index in [4.69, 9.17) is 4.52 Å². The van der Waals surface area contributed by atoms with Gasteiger partial charge in [0.1, 0.15) is 0 Å². The van der Waals surface area contributed by atoms with Crippen molar-refractivity contribution in [2.45, 2.75) is 60.2 Å². The summed E-state index contributed by atoms with van der Waals surface area (Å²) in [4.78, 5) is 6.70. The number of aromatic nitrogens is 4. The van der Waals surface area contributed by atoms with E-state index in [1.165, 1.54) is 5.69 Å². The van der Waals surface area contributed by atoms with Crippen LogP contribution >= 0.6 is 0 Å². The summed E-state index contributed by atoms with van der Waals surface area (Å²) < 4.78 is 7.25. The maximum Gasteiger partial charge on any atom is 0.278 e. The summed E-state index contributed by atoms with van der Waals surface area (Å²) in [5, 5.41) is 8.40. The Labute approximate surface area is 126 Å². The third-order valence-corrected chi connectivity index (χ3v) is 3.52. The second-order valence-electron chi connectivity index (χ2n) is 5.31. The Morgan fingerprint density at radius 3 is 2.62 bits per heavy atom. The van der Waals surface area contributed by atoms with Gasteiger partial charge in [0, 0.05) is 25.7 Å². The summed E-state index contributed by atoms with van der Waals surface area (Å²) in [5.74, 6) is 1.15. The maximum absolute atomic E-state index is 5.18. The minimum absolute atomic E-state index is 0.508. The summed E-state index contributed by atoms with van der Waals surface area (Å²) in [6, 6.07) is 2.61. The topological polar surface area (TPSA) is 60.0 Å². The van der Waals surface area contributed by atoms with Crippen LogP contribution in [0.15, 0.2) is 10.6 Å². The number of hydrogen-bond donors (Lipinski definition) is 0. The van der Waals surface area contributed by atoms with Crippen molar-refractivity contribution in [2.24, 2.45) is 0 Å². The molecule has 0 saturated carbocycles. The Morgan fingerprint density at radius 1 is 1.24 bits per heavy atom. The minimum atomic E-state index is 0.508. The van der Waals surface area contributed by atoms with E-state index in [1.807, 2.05) is 20.8 Å². The number of aryl methyl sites for hydroxylation is 2. The van der Waals surface area contributed by atoms with Gasteiger partial charge in [0.2, 0.25) is 0 Å². The first-order valence-electron chi connectivity index (χ1n) is 7.75. The van der Waals surface area contributed by atoms with Gasteiger partial charge in [0.05, 0.1) is 5.69 Å². The highest BCUT2D eigenvalue weighted by Crippen LogP contribution is 2.21. The second kappa shape index (κ2) is 6.85. The SMILES string of the molecule is CC.Cc1noc(-c2cc3n(n2)CCCN(C(C)C)C3)n1. The highest BCUT2D eigenvalue weighted by atomic mass is 16.5. The molecule has 21 heavy (non-hydrogen) atoms. The molecule has 116 valence electrons. The molecule has 0 unspecified atom stereocenters. The monoisotopic (exact) mass is 291 g/mol. The van der Waals surface area contributed by atoms with Crippen LogP contribution < -0.4 is 0 Å². The van der Waals surface area contributed by atoms with Crippen molar-refractivity contribution in [3.05, 3.63) is 17.6 Å². The zero-order chi connectivity index (χ0) is 15.4. The quantitative estimate of drug-likeness (QED) is 0.851. The molecule has 0 aromatic carbocycles. The van der Waals surface area contributed by atoms with Gasteiger partial charge in [-0.2, -0.15) is 10.1 Å². The molecule has 6 heteroatoms. The fraction of sp³-hybridized carbons (Fsp3) is 0.667. The lowest BCUT2D eigenvalue weighted by Crippen LogP contribution is -2.30. The number of rotatable bonds is 2. The van der Waals surface area contributed by atoms with Gasteiger partial charge in [0.15, 0.2) is 11.5 Å². The van der Waals surface area contributed by atoms with Crippen molar-refractivity contribution in [2.75, 3.05) is 6.54 Å². The van der Waals surface area contributed by atoms with Crippen molar-refractivity contribution in [1.82, 2.24) is 24.8 Å². The molecule has 0 radical (unpaired) electrons. The van der Waals surface area contributed by atoms with Crippen LogP contribution in [0.2, 0.25) is 0 Å². The zero-order valence-electron chi connectivity index (χ0n) is 13.6. The zero-order valence-corrected chi connectivity index (χ0v) is 13.6. The van der Waals surface area contributed by atoms with Crippen LogP contribution in [0.4, 0.5) is 0 Å². The smallest absolute Gasteiger partial charge is 0.278 e. The summed E-state index contributed by atoms with van der Waals surface area (Å²) in [5.41, 5.74) is 2.00. The molecule has 0 aliphatic carbocycles. The van der Waals surface area contributed by atoms with Gasteiger partial charge in [0.25, 0.3) is 5.89 Å². The predicted molar refractivity (Wildman–Crippen MR) is 81.8 cm³/mol. The van der Waals surface area contributed by atoms with Crippen LogP contribution in [-0.2, 0) is 13.1 Å². The molecular formula is C15H25N5O. The standard InChI is InChI=1S/C13H19N5O.C2H6/c1-9(2)17-5-4-6-18-11(8-17)7-12(15-18)13-14-10(3)16-19-13;1-2/h7,9H,4-6,8H2,1-3H3;1-2H3. The van der Waals surface area contributed by atoms with Crippen molar-refractivity contribution >= 4 is 0 Å². The second-order valence-corrected chi connectivity index (χ2v) is 5.31. The molecule has 1 aliphatic rings. The van der Waals surface area contributed by atoms with Crippen molar-refractivity contribution in [1.29, 1.82) is 0 Å². The Balaban J connectivity index is 0.000000774. The van der Waals surface area contributed by atoms with E-state index in [2.05, 4.69) is 44.7 Å².